The van der Waals surface area contributed by atoms with E-state index in [-0.39, 0.29) is 12.4 Å². The number of hydrogen-bond donors (Lipinski definition) is 4. The van der Waals surface area contributed by atoms with Gasteiger partial charge >= 0.3 is 0 Å². The number of aromatic hydroxyl groups is 1. The highest BCUT2D eigenvalue weighted by atomic mass is 127. The third kappa shape index (κ3) is 5.62. The average Bonchev–Trinajstić information content (AvgIpc) is 2.48. The number of phenolic OH excluding ortho intramolecular Hbond substituents is 1. The van der Waals surface area contributed by atoms with Gasteiger partial charge in [-0.15, -0.1) is 5.73 Å². The summed E-state index contributed by atoms with van der Waals surface area (Å²) in [7, 11) is 1.45. The van der Waals surface area contributed by atoms with Crippen LogP contribution in [0.25, 0.3) is 0 Å². The Morgan fingerprint density at radius 3 is 2.64 bits per heavy atom. The van der Waals surface area contributed by atoms with Crippen molar-refractivity contribution in [2.45, 2.75) is 32.0 Å². The molecule has 0 amide bonds. The highest BCUT2D eigenvalue weighted by molar-refractivity contribution is 14.1. The van der Waals surface area contributed by atoms with E-state index in [2.05, 4.69) is 5.73 Å². The van der Waals surface area contributed by atoms with Crippen molar-refractivity contribution in [3.8, 4) is 11.5 Å². The van der Waals surface area contributed by atoms with Gasteiger partial charge in [0.25, 0.3) is 0 Å². The number of benzene rings is 1. The topological polar surface area (TPSA) is 90.2 Å². The van der Waals surface area contributed by atoms with Crippen molar-refractivity contribution in [2.75, 3.05) is 13.7 Å². The fourth-order valence-electron chi connectivity index (χ4n) is 1.92. The summed E-state index contributed by atoms with van der Waals surface area (Å²) in [4.78, 5) is 0. The van der Waals surface area contributed by atoms with E-state index in [1.165, 1.54) is 7.11 Å². The van der Waals surface area contributed by atoms with Crippen LogP contribution in [0.3, 0.4) is 0 Å². The number of phenols is 1. The number of halogens is 1. The molecule has 122 valence electrons. The molecule has 0 heterocycles. The zero-order valence-electron chi connectivity index (χ0n) is 12.6. The molecule has 0 unspecified atom stereocenters. The Labute approximate surface area is 143 Å². The minimum absolute atomic E-state index is 0.0500. The largest absolute Gasteiger partial charge is 0.504 e. The van der Waals surface area contributed by atoms with Crippen LogP contribution in [0.4, 0.5) is 0 Å². The van der Waals surface area contributed by atoms with E-state index >= 15 is 0 Å². The minimum atomic E-state index is -0.776. The van der Waals surface area contributed by atoms with Crippen molar-refractivity contribution in [1.82, 2.24) is 0 Å². The first-order valence-electron chi connectivity index (χ1n) is 6.85. The van der Waals surface area contributed by atoms with E-state index < -0.39 is 12.2 Å². The van der Waals surface area contributed by atoms with Crippen LogP contribution in [0.1, 0.15) is 31.4 Å². The molecule has 0 aliphatic rings. The van der Waals surface area contributed by atoms with Crippen LogP contribution in [-0.4, -0.2) is 40.2 Å². The number of aliphatic hydroxyl groups is 3. The molecule has 0 radical (unpaired) electrons. The van der Waals surface area contributed by atoms with Gasteiger partial charge in [0.15, 0.2) is 11.5 Å². The SMILES string of the molecule is COc1cc([C@H](O)CC=C=C(CO)C[C@H](C)O)cc(I)c1O. The summed E-state index contributed by atoms with van der Waals surface area (Å²) in [5, 5.41) is 38.4. The molecule has 0 saturated heterocycles. The lowest BCUT2D eigenvalue weighted by Crippen LogP contribution is -2.03. The van der Waals surface area contributed by atoms with Crippen molar-refractivity contribution in [1.29, 1.82) is 0 Å². The normalized spacial score (nSPS) is 13.2. The van der Waals surface area contributed by atoms with E-state index in [1.807, 2.05) is 22.6 Å². The number of hydrogen-bond acceptors (Lipinski definition) is 5. The predicted octanol–water partition coefficient (Wildman–Crippen LogP) is 2.27. The van der Waals surface area contributed by atoms with Crippen LogP contribution >= 0.6 is 22.6 Å². The standard InChI is InChI=1S/C16H21IO5/c1-10(19)6-11(9-18)4-3-5-14(20)12-7-13(17)16(21)15(8-12)22-2/h3,7-8,10,14,18-21H,5-6,9H2,1-2H3/t4?,10-,14+/m0/s1. The van der Waals surface area contributed by atoms with Gasteiger partial charge < -0.3 is 25.2 Å². The summed E-state index contributed by atoms with van der Waals surface area (Å²) in [6.45, 7) is 1.46. The molecule has 0 bridgehead atoms. The highest BCUT2D eigenvalue weighted by Gasteiger charge is 2.13. The van der Waals surface area contributed by atoms with Gasteiger partial charge in [0, 0.05) is 12.8 Å². The lowest BCUT2D eigenvalue weighted by atomic mass is 10.1. The van der Waals surface area contributed by atoms with Crippen LogP contribution in [-0.2, 0) is 0 Å². The number of methoxy groups -OCH3 is 1. The summed E-state index contributed by atoms with van der Waals surface area (Å²) in [6.07, 6.45) is 0.949. The molecule has 0 spiro atoms. The highest BCUT2D eigenvalue weighted by Crippen LogP contribution is 2.34. The third-order valence-electron chi connectivity index (χ3n) is 3.04. The van der Waals surface area contributed by atoms with Crippen molar-refractivity contribution < 1.29 is 25.2 Å². The summed E-state index contributed by atoms with van der Waals surface area (Å²) >= 11 is 1.97. The van der Waals surface area contributed by atoms with E-state index in [0.717, 1.165) is 0 Å². The number of ether oxygens (including phenoxy) is 1. The Balaban J connectivity index is 2.87. The van der Waals surface area contributed by atoms with Crippen LogP contribution < -0.4 is 4.74 Å². The number of rotatable bonds is 7. The quantitative estimate of drug-likeness (QED) is 0.402. The van der Waals surface area contributed by atoms with Crippen LogP contribution in [0.15, 0.2) is 29.5 Å². The molecule has 2 atom stereocenters. The molecule has 1 aromatic rings. The molecule has 5 nitrogen and oxygen atoms in total. The first-order valence-corrected chi connectivity index (χ1v) is 7.93. The Morgan fingerprint density at radius 1 is 1.41 bits per heavy atom. The first kappa shape index (κ1) is 19.0. The van der Waals surface area contributed by atoms with Gasteiger partial charge in [0.1, 0.15) is 0 Å². The Morgan fingerprint density at radius 2 is 2.09 bits per heavy atom. The molecule has 6 heteroatoms. The maximum absolute atomic E-state index is 10.2. The fourth-order valence-corrected chi connectivity index (χ4v) is 2.54. The van der Waals surface area contributed by atoms with Crippen LogP contribution in [0, 0.1) is 3.57 Å². The second kappa shape index (κ2) is 9.17. The van der Waals surface area contributed by atoms with Gasteiger partial charge in [0.2, 0.25) is 0 Å². The molecular weight excluding hydrogens is 399 g/mol. The smallest absolute Gasteiger partial charge is 0.171 e. The molecular formula is C16H21IO5. The van der Waals surface area contributed by atoms with E-state index in [0.29, 0.717) is 33.3 Å². The average molecular weight is 420 g/mol. The Kier molecular flexibility index (Phi) is 7.92. The van der Waals surface area contributed by atoms with E-state index in [1.54, 1.807) is 25.1 Å². The molecule has 1 aromatic carbocycles. The second-order valence-electron chi connectivity index (χ2n) is 4.97. The lowest BCUT2D eigenvalue weighted by molar-refractivity contribution is 0.180. The molecule has 0 aliphatic carbocycles. The van der Waals surface area contributed by atoms with Gasteiger partial charge in [-0.2, -0.15) is 0 Å². The first-order chi connectivity index (χ1) is 10.4. The predicted molar refractivity (Wildman–Crippen MR) is 91.9 cm³/mol. The zero-order valence-corrected chi connectivity index (χ0v) is 14.7. The molecule has 22 heavy (non-hydrogen) atoms. The van der Waals surface area contributed by atoms with Gasteiger partial charge in [-0.3, -0.25) is 0 Å². The molecule has 0 saturated carbocycles. The zero-order chi connectivity index (χ0) is 16.7. The Bertz CT molecular complexity index is 562. The number of aliphatic hydroxyl groups excluding tert-OH is 3. The van der Waals surface area contributed by atoms with Gasteiger partial charge in [-0.25, -0.2) is 0 Å². The van der Waals surface area contributed by atoms with E-state index in [9.17, 15) is 15.3 Å². The van der Waals surface area contributed by atoms with Crippen molar-refractivity contribution in [2.24, 2.45) is 0 Å². The summed E-state index contributed by atoms with van der Waals surface area (Å²) in [5.74, 6) is 0.361. The van der Waals surface area contributed by atoms with Crippen LogP contribution in [0.2, 0.25) is 0 Å². The van der Waals surface area contributed by atoms with Crippen molar-refractivity contribution in [3.63, 3.8) is 0 Å². The molecule has 0 fully saturated rings. The summed E-state index contributed by atoms with van der Waals surface area (Å²) in [6, 6.07) is 3.27. The Hall–Kier alpha value is -1.05. The summed E-state index contributed by atoms with van der Waals surface area (Å²) in [5.41, 5.74) is 4.10. The van der Waals surface area contributed by atoms with Crippen molar-refractivity contribution >= 4 is 22.6 Å². The van der Waals surface area contributed by atoms with Gasteiger partial charge in [-0.05, 0) is 58.9 Å². The maximum Gasteiger partial charge on any atom is 0.171 e. The monoisotopic (exact) mass is 420 g/mol. The minimum Gasteiger partial charge on any atom is -0.504 e. The van der Waals surface area contributed by atoms with Gasteiger partial charge in [0.05, 0.1) is 29.5 Å². The molecule has 0 aliphatic heterocycles. The van der Waals surface area contributed by atoms with Crippen LogP contribution in [0.5, 0.6) is 11.5 Å². The summed E-state index contributed by atoms with van der Waals surface area (Å²) < 4.78 is 5.66. The second-order valence-corrected chi connectivity index (χ2v) is 6.13. The third-order valence-corrected chi connectivity index (χ3v) is 3.86. The molecule has 4 N–H and O–H groups in total. The molecule has 1 rings (SSSR count). The van der Waals surface area contributed by atoms with Gasteiger partial charge in [-0.1, -0.05) is 0 Å². The maximum atomic E-state index is 10.2. The molecule has 0 aromatic heterocycles. The lowest BCUT2D eigenvalue weighted by Gasteiger charge is -2.12. The van der Waals surface area contributed by atoms with Crippen molar-refractivity contribution in [3.05, 3.63) is 38.6 Å². The fraction of sp³-hybridized carbons (Fsp3) is 0.438. The van der Waals surface area contributed by atoms with E-state index in [4.69, 9.17) is 9.84 Å².